The molecule has 20 heavy (non-hydrogen) atoms. The van der Waals surface area contributed by atoms with Gasteiger partial charge in [0.1, 0.15) is 0 Å². The maximum atomic E-state index is 11.9. The molecule has 6 atom stereocenters. The standard InChI is InChI=1S/C11H19BO3PS.2CH3.Sn/c1-2-3-4-8-7-9(11(14)10(8)13)5-6-17(15)16-12;;;/h2,8-12,16H,1,3-7H2;2*1H3;/q-2;;;+2/t8-,9-,10+,11-,16?,17?;;;/m0.../s1/i12T,16D;;;. The Labute approximate surface area is 135 Å². The number of hydrogen-bond donors (Lipinski definition) is 0. The van der Waals surface area contributed by atoms with Gasteiger partial charge in [0, 0.05) is 0 Å². The van der Waals surface area contributed by atoms with Crippen LogP contribution in [0.2, 0.25) is 9.88 Å². The van der Waals surface area contributed by atoms with E-state index in [4.69, 9.17) is 8.76 Å². The van der Waals surface area contributed by atoms with Crippen LogP contribution in [0.5, 0.6) is 0 Å². The first-order chi connectivity index (χ1) is 10.4. The number of rotatable bonds is 8. The Hall–Kier alpha value is 1.10. The predicted octanol–water partition coefficient (Wildman–Crippen LogP) is 2.62. The third-order valence-corrected chi connectivity index (χ3v) is 11.1. The zero-order chi connectivity index (χ0) is 16.3. The van der Waals surface area contributed by atoms with Gasteiger partial charge in [-0.3, -0.25) is 0 Å². The Balaban J connectivity index is 1.96. The normalized spacial score (nSPS) is 39.5. The van der Waals surface area contributed by atoms with Crippen molar-refractivity contribution in [2.24, 2.45) is 11.8 Å². The van der Waals surface area contributed by atoms with Crippen LogP contribution in [-0.2, 0) is 16.6 Å². The summed E-state index contributed by atoms with van der Waals surface area (Å²) in [4.78, 5) is 4.32. The summed E-state index contributed by atoms with van der Waals surface area (Å²) in [5.74, 6) is 1.41. The van der Waals surface area contributed by atoms with Crippen molar-refractivity contribution >= 4 is 44.8 Å². The second-order valence-electron chi connectivity index (χ2n) is 6.11. The molecule has 0 spiro atoms. The van der Waals surface area contributed by atoms with Crippen molar-refractivity contribution in [1.29, 1.82) is 2.61 Å². The van der Waals surface area contributed by atoms with Gasteiger partial charge in [-0.05, 0) is 0 Å². The first kappa shape index (κ1) is 14.7. The second kappa shape index (κ2) is 7.58. The van der Waals surface area contributed by atoms with Gasteiger partial charge in [0.15, 0.2) is 0 Å². The summed E-state index contributed by atoms with van der Waals surface area (Å²) < 4.78 is 39.2. The average Bonchev–Trinajstić information content (AvgIpc) is 2.95. The van der Waals surface area contributed by atoms with E-state index in [0.29, 0.717) is 17.6 Å². The Morgan fingerprint density at radius 3 is 2.80 bits per heavy atom. The summed E-state index contributed by atoms with van der Waals surface area (Å²) in [6, 6.07) is 0. The van der Waals surface area contributed by atoms with Crippen molar-refractivity contribution in [3.05, 3.63) is 12.7 Å². The van der Waals surface area contributed by atoms with E-state index in [-0.39, 0.29) is 12.2 Å². The van der Waals surface area contributed by atoms with Crippen molar-refractivity contribution in [3.63, 3.8) is 0 Å². The summed E-state index contributed by atoms with van der Waals surface area (Å²) in [5.41, 5.74) is 0. The molecule has 2 rings (SSSR count). The van der Waals surface area contributed by atoms with E-state index in [9.17, 15) is 4.21 Å². The van der Waals surface area contributed by atoms with Crippen LogP contribution in [0.15, 0.2) is 12.7 Å². The van der Waals surface area contributed by atoms with Gasteiger partial charge >= 0.3 is 136 Å². The zero-order valence-corrected chi connectivity index (χ0v) is 16.9. The van der Waals surface area contributed by atoms with Crippen LogP contribution in [-0.4, -0.2) is 51.5 Å². The molecular formula is C13H25BO3PSSn. The molecule has 3 nitrogen and oxygen atoms in total. The average molecular weight is 425 g/mol. The maximum absolute atomic E-state index is 11.9. The minimum atomic E-state index is -2.77. The Bertz CT molecular complexity index is 432. The molecule has 0 aromatic carbocycles. The molecule has 1 aliphatic carbocycles. The molecule has 7 heteroatoms. The Morgan fingerprint density at radius 1 is 1.55 bits per heavy atom. The molecule has 0 amide bonds. The fourth-order valence-electron chi connectivity index (χ4n) is 3.40. The Morgan fingerprint density at radius 2 is 2.20 bits per heavy atom. The van der Waals surface area contributed by atoms with Crippen molar-refractivity contribution in [3.8, 4) is 0 Å². The van der Waals surface area contributed by atoms with Crippen LogP contribution in [0.3, 0.4) is 0 Å². The molecule has 0 aromatic rings. The minimum absolute atomic E-state index is 0.162. The van der Waals surface area contributed by atoms with Crippen molar-refractivity contribution in [1.82, 2.24) is 0 Å². The van der Waals surface area contributed by atoms with Crippen LogP contribution in [0.4, 0.5) is 0 Å². The van der Waals surface area contributed by atoms with Crippen molar-refractivity contribution in [2.45, 2.75) is 47.8 Å². The van der Waals surface area contributed by atoms with Crippen LogP contribution in [0.1, 0.15) is 25.7 Å². The van der Waals surface area contributed by atoms with E-state index in [1.807, 2.05) is 6.08 Å². The van der Waals surface area contributed by atoms with E-state index in [0.717, 1.165) is 33.2 Å². The third-order valence-electron chi connectivity index (χ3n) is 4.22. The van der Waals surface area contributed by atoms with Crippen molar-refractivity contribution in [2.75, 3.05) is 5.75 Å². The van der Waals surface area contributed by atoms with Crippen LogP contribution in [0.25, 0.3) is 0 Å². The molecule has 1 saturated heterocycles. The SMILES string of the molecule is [2H]P([B][3H])S(=O)CC[C@H]1C[C@H](CCC=C)[C@H]2[O][Sn]([CH3])([CH3])[O][C@@H]12. The summed E-state index contributed by atoms with van der Waals surface area (Å²) in [6.45, 7) is 3.80. The summed E-state index contributed by atoms with van der Waals surface area (Å²) >= 11 is -2.77. The topological polar surface area (TPSA) is 35.5 Å². The zero-order valence-electron chi connectivity index (χ0n) is 14.3. The molecule has 2 unspecified atom stereocenters. The van der Waals surface area contributed by atoms with E-state index < -0.39 is 37.2 Å². The van der Waals surface area contributed by atoms with Crippen LogP contribution in [0, 0.1) is 11.8 Å². The summed E-state index contributed by atoms with van der Waals surface area (Å²) in [7, 11) is -1.71. The number of hydrogen-bond acceptors (Lipinski definition) is 3. The quantitative estimate of drug-likeness (QED) is 0.341. The van der Waals surface area contributed by atoms with E-state index in [1.54, 1.807) is 0 Å². The van der Waals surface area contributed by atoms with Crippen LogP contribution < -0.4 is 0 Å². The molecule has 1 saturated carbocycles. The summed E-state index contributed by atoms with van der Waals surface area (Å²) in [5, 5.41) is 0. The molecule has 0 aromatic heterocycles. The van der Waals surface area contributed by atoms with Gasteiger partial charge in [0.2, 0.25) is 0 Å². The number of allylic oxidation sites excluding steroid dienone is 1. The van der Waals surface area contributed by atoms with Gasteiger partial charge in [0.25, 0.3) is 0 Å². The Kier molecular flexibility index (Phi) is 5.57. The third kappa shape index (κ3) is 4.31. The van der Waals surface area contributed by atoms with E-state index >= 15 is 0 Å². The van der Waals surface area contributed by atoms with E-state index in [1.165, 1.54) is 0 Å². The molecule has 1 aliphatic heterocycles. The fraction of sp³-hybridized carbons (Fsp3) is 0.846. The predicted molar refractivity (Wildman–Crippen MR) is 91.3 cm³/mol. The fourth-order valence-corrected chi connectivity index (χ4v) is 10.4. The van der Waals surface area contributed by atoms with Gasteiger partial charge in [0.05, 0.1) is 0 Å². The molecule has 113 valence electrons. The van der Waals surface area contributed by atoms with Gasteiger partial charge in [-0.1, -0.05) is 0 Å². The molecule has 2 fully saturated rings. The first-order valence-electron chi connectivity index (χ1n) is 8.25. The molecule has 1 radical (unpaired) electrons. The monoisotopic (exact) mass is 426 g/mol. The molecule has 1 heterocycles. The van der Waals surface area contributed by atoms with Crippen molar-refractivity contribution < 1.29 is 10.4 Å². The molecule has 0 bridgehead atoms. The van der Waals surface area contributed by atoms with Gasteiger partial charge in [-0.15, -0.1) is 0 Å². The molecule has 0 N–H and O–H groups in total. The van der Waals surface area contributed by atoms with Gasteiger partial charge in [-0.25, -0.2) is 0 Å². The van der Waals surface area contributed by atoms with Gasteiger partial charge < -0.3 is 0 Å². The van der Waals surface area contributed by atoms with Crippen LogP contribution >= 0.6 is 7.61 Å². The molecular weight excluding hydrogens is 397 g/mol. The molecule has 2 aliphatic rings. The first-order valence-corrected chi connectivity index (χ1v) is 18.2. The van der Waals surface area contributed by atoms with Gasteiger partial charge in [-0.2, -0.15) is 0 Å². The number of fused-ring (bicyclic) bond motifs is 1. The van der Waals surface area contributed by atoms with E-state index in [2.05, 4.69) is 16.5 Å². The summed E-state index contributed by atoms with van der Waals surface area (Å²) in [6.07, 6.45) is 6.29. The second-order valence-corrected chi connectivity index (χ2v) is 18.6.